The summed E-state index contributed by atoms with van der Waals surface area (Å²) in [5, 5.41) is 2.38. The Bertz CT molecular complexity index is 1170. The van der Waals surface area contributed by atoms with Crippen molar-refractivity contribution >= 4 is 38.6 Å². The zero-order valence-electron chi connectivity index (χ0n) is 15.4. The molecule has 0 spiro atoms. The molecule has 0 unspecified atom stereocenters. The van der Waals surface area contributed by atoms with Gasteiger partial charge in [-0.05, 0) is 56.3 Å². The maximum Gasteiger partial charge on any atom is 0.190 e. The Balaban J connectivity index is 1.83. The third kappa shape index (κ3) is 4.24. The number of carbonyl (C=O) groups is 1. The first-order chi connectivity index (χ1) is 13.5. The molecule has 2 aromatic carbocycles. The number of nitrogens with zero attached hydrogens (tertiary/aromatic N) is 1. The summed E-state index contributed by atoms with van der Waals surface area (Å²) in [5.41, 5.74) is 0.752. The molecule has 0 atom stereocenters. The maximum absolute atomic E-state index is 13.4. The van der Waals surface area contributed by atoms with Crippen LogP contribution in [-0.4, -0.2) is 23.9 Å². The first-order valence-corrected chi connectivity index (χ1v) is 11.2. The molecule has 0 fully saturated rings. The van der Waals surface area contributed by atoms with Crippen LogP contribution in [-0.2, 0) is 21.1 Å². The van der Waals surface area contributed by atoms with Crippen molar-refractivity contribution in [1.29, 1.82) is 0 Å². The summed E-state index contributed by atoms with van der Waals surface area (Å²) in [7, 11) is -3.95. The summed E-state index contributed by atoms with van der Waals surface area (Å²) in [4.78, 5) is 17.1. The Hall–Kier alpha value is -2.16. The molecule has 0 aliphatic carbocycles. The molecule has 3 rings (SSSR count). The van der Waals surface area contributed by atoms with Crippen LogP contribution in [0, 0.1) is 11.6 Å². The summed E-state index contributed by atoms with van der Waals surface area (Å²) in [6, 6.07) is 9.01. The summed E-state index contributed by atoms with van der Waals surface area (Å²) >= 11 is 6.95. The fourth-order valence-electron chi connectivity index (χ4n) is 2.59. The van der Waals surface area contributed by atoms with Crippen molar-refractivity contribution in [2.45, 2.75) is 29.9 Å². The van der Waals surface area contributed by atoms with Crippen molar-refractivity contribution in [2.75, 3.05) is 0 Å². The second kappa shape index (κ2) is 7.93. The smallest absolute Gasteiger partial charge is 0.190 e. The van der Waals surface area contributed by atoms with E-state index in [4.69, 9.17) is 11.6 Å². The van der Waals surface area contributed by atoms with Crippen molar-refractivity contribution in [3.63, 3.8) is 0 Å². The fourth-order valence-corrected chi connectivity index (χ4v) is 4.97. The largest absolute Gasteiger partial charge is 0.297 e. The molecule has 9 heteroatoms. The molecule has 152 valence electrons. The minimum Gasteiger partial charge on any atom is -0.297 e. The molecule has 0 radical (unpaired) electrons. The van der Waals surface area contributed by atoms with Gasteiger partial charge in [0.25, 0.3) is 0 Å². The molecule has 0 aliphatic rings. The Morgan fingerprint density at radius 1 is 1.10 bits per heavy atom. The Labute approximate surface area is 176 Å². The summed E-state index contributed by atoms with van der Waals surface area (Å²) in [6.45, 7) is 2.70. The molecule has 0 N–H and O–H groups in total. The standard InChI is InChI=1S/C20H16ClF2NO3S2/c1-20(2,29(26,27)14-6-4-13(21)5-7-14)18(25)10-19-24-17(11-28-19)12-3-8-15(22)16(23)9-12/h3-9,11H,10H2,1-2H3. The van der Waals surface area contributed by atoms with Crippen LogP contribution in [0.2, 0.25) is 5.02 Å². The van der Waals surface area contributed by atoms with Crippen molar-refractivity contribution in [3.8, 4) is 11.3 Å². The van der Waals surface area contributed by atoms with Gasteiger partial charge in [-0.1, -0.05) is 11.6 Å². The number of sulfone groups is 1. The van der Waals surface area contributed by atoms with E-state index < -0.39 is 32.0 Å². The maximum atomic E-state index is 13.4. The average Bonchev–Trinajstić information content (AvgIpc) is 3.12. The second-order valence-electron chi connectivity index (χ2n) is 6.82. The average molecular weight is 456 g/mol. The molecule has 29 heavy (non-hydrogen) atoms. The molecule has 1 heterocycles. The van der Waals surface area contributed by atoms with Crippen LogP contribution in [0.3, 0.4) is 0 Å². The fraction of sp³-hybridized carbons (Fsp3) is 0.200. The van der Waals surface area contributed by atoms with Gasteiger partial charge in [0.1, 0.15) is 9.75 Å². The van der Waals surface area contributed by atoms with Crippen LogP contribution in [0.5, 0.6) is 0 Å². The van der Waals surface area contributed by atoms with E-state index in [0.29, 0.717) is 21.3 Å². The second-order valence-corrected chi connectivity index (χ2v) is 10.7. The van der Waals surface area contributed by atoms with Gasteiger partial charge < -0.3 is 0 Å². The van der Waals surface area contributed by atoms with Gasteiger partial charge in [0.05, 0.1) is 17.0 Å². The number of Topliss-reactive ketones (excluding diaryl/α,β-unsaturated/α-hetero) is 1. The summed E-state index contributed by atoms with van der Waals surface area (Å²) in [5.74, 6) is -2.49. The highest BCUT2D eigenvalue weighted by Gasteiger charge is 2.42. The molecule has 0 saturated heterocycles. The lowest BCUT2D eigenvalue weighted by molar-refractivity contribution is -0.120. The minimum atomic E-state index is -3.95. The van der Waals surface area contributed by atoms with Gasteiger partial charge in [0.15, 0.2) is 27.3 Å². The van der Waals surface area contributed by atoms with Crippen LogP contribution in [0.4, 0.5) is 8.78 Å². The van der Waals surface area contributed by atoms with Gasteiger partial charge in [0.2, 0.25) is 0 Å². The number of benzene rings is 2. The van der Waals surface area contributed by atoms with E-state index in [-0.39, 0.29) is 11.3 Å². The Morgan fingerprint density at radius 2 is 1.76 bits per heavy atom. The Morgan fingerprint density at radius 3 is 2.38 bits per heavy atom. The van der Waals surface area contributed by atoms with Crippen LogP contribution >= 0.6 is 22.9 Å². The third-order valence-corrected chi connectivity index (χ3v) is 8.11. The SMILES string of the molecule is CC(C)(C(=O)Cc1nc(-c2ccc(F)c(F)c2)cs1)S(=O)(=O)c1ccc(Cl)cc1. The molecule has 1 aromatic heterocycles. The summed E-state index contributed by atoms with van der Waals surface area (Å²) < 4.78 is 50.7. The lowest BCUT2D eigenvalue weighted by atomic mass is 10.1. The predicted octanol–water partition coefficient (Wildman–Crippen LogP) is 5.11. The first kappa shape index (κ1) is 21.5. The highest BCUT2D eigenvalue weighted by atomic mass is 35.5. The van der Waals surface area contributed by atoms with E-state index in [1.165, 1.54) is 44.2 Å². The molecular weight excluding hydrogens is 440 g/mol. The molecule has 0 amide bonds. The minimum absolute atomic E-state index is 0.00173. The van der Waals surface area contributed by atoms with Crippen molar-refractivity contribution in [3.05, 3.63) is 69.5 Å². The lowest BCUT2D eigenvalue weighted by Gasteiger charge is -2.23. The number of ketones is 1. The monoisotopic (exact) mass is 455 g/mol. The van der Waals surface area contributed by atoms with E-state index in [9.17, 15) is 22.0 Å². The molecule has 4 nitrogen and oxygen atoms in total. The van der Waals surface area contributed by atoms with Gasteiger partial charge >= 0.3 is 0 Å². The van der Waals surface area contributed by atoms with E-state index in [1.54, 1.807) is 5.38 Å². The van der Waals surface area contributed by atoms with Crippen LogP contribution < -0.4 is 0 Å². The zero-order valence-corrected chi connectivity index (χ0v) is 17.8. The molecular formula is C20H16ClF2NO3S2. The number of halogens is 3. The Kier molecular flexibility index (Phi) is 5.89. The van der Waals surface area contributed by atoms with E-state index >= 15 is 0 Å². The van der Waals surface area contributed by atoms with Crippen molar-refractivity contribution in [1.82, 2.24) is 4.98 Å². The van der Waals surface area contributed by atoms with Gasteiger partial charge in [-0.3, -0.25) is 4.79 Å². The quantitative estimate of drug-likeness (QED) is 0.518. The molecule has 3 aromatic rings. The molecule has 0 aliphatic heterocycles. The van der Waals surface area contributed by atoms with Crippen LogP contribution in [0.15, 0.2) is 52.7 Å². The van der Waals surface area contributed by atoms with Gasteiger partial charge in [-0.2, -0.15) is 0 Å². The predicted molar refractivity (Wildman–Crippen MR) is 109 cm³/mol. The highest BCUT2D eigenvalue weighted by Crippen LogP contribution is 2.30. The van der Waals surface area contributed by atoms with Gasteiger partial charge in [-0.25, -0.2) is 22.2 Å². The van der Waals surface area contributed by atoms with E-state index in [2.05, 4.69) is 4.98 Å². The van der Waals surface area contributed by atoms with Crippen molar-refractivity contribution < 1.29 is 22.0 Å². The number of hydrogen-bond donors (Lipinski definition) is 0. The normalized spacial score (nSPS) is 12.2. The van der Waals surface area contributed by atoms with Gasteiger partial charge in [0, 0.05) is 16.0 Å². The van der Waals surface area contributed by atoms with Crippen molar-refractivity contribution in [2.24, 2.45) is 0 Å². The highest BCUT2D eigenvalue weighted by molar-refractivity contribution is 7.93. The van der Waals surface area contributed by atoms with E-state index in [0.717, 1.165) is 23.5 Å². The lowest BCUT2D eigenvalue weighted by Crippen LogP contribution is -2.41. The zero-order chi connectivity index (χ0) is 21.4. The summed E-state index contributed by atoms with van der Waals surface area (Å²) in [6.07, 6.45) is -0.200. The third-order valence-electron chi connectivity index (χ3n) is 4.55. The number of carbonyl (C=O) groups excluding carboxylic acids is 1. The molecule has 0 bridgehead atoms. The van der Waals surface area contributed by atoms with Gasteiger partial charge in [-0.15, -0.1) is 11.3 Å². The number of thiazole rings is 1. The number of aromatic nitrogens is 1. The van der Waals surface area contributed by atoms with Crippen LogP contribution in [0.1, 0.15) is 18.9 Å². The topological polar surface area (TPSA) is 64.1 Å². The van der Waals surface area contributed by atoms with E-state index in [1.807, 2.05) is 0 Å². The number of rotatable bonds is 6. The first-order valence-electron chi connectivity index (χ1n) is 8.45. The molecule has 0 saturated carbocycles. The number of hydrogen-bond acceptors (Lipinski definition) is 5. The van der Waals surface area contributed by atoms with Crippen LogP contribution in [0.25, 0.3) is 11.3 Å².